The predicted molar refractivity (Wildman–Crippen MR) is 78.8 cm³/mol. The maximum atomic E-state index is 11.2. The highest BCUT2D eigenvalue weighted by molar-refractivity contribution is 5.85. The molecule has 0 spiro atoms. The summed E-state index contributed by atoms with van der Waals surface area (Å²) >= 11 is 0. The Kier molecular flexibility index (Phi) is 4.55. The Balaban J connectivity index is 2.01. The molecule has 0 radical (unpaired) electrons. The number of carbonyl (C=O) groups excluding carboxylic acids is 1. The zero-order chi connectivity index (χ0) is 14.4. The van der Waals surface area contributed by atoms with Gasteiger partial charge in [0.2, 0.25) is 0 Å². The fraction of sp³-hybridized carbons (Fsp3) is 0.200. The second-order valence-electron chi connectivity index (χ2n) is 4.35. The molecule has 0 fully saturated rings. The van der Waals surface area contributed by atoms with Crippen LogP contribution < -0.4 is 10.6 Å². The zero-order valence-electron chi connectivity index (χ0n) is 11.5. The average molecular weight is 271 g/mol. The van der Waals surface area contributed by atoms with Crippen LogP contribution >= 0.6 is 0 Å². The Morgan fingerprint density at radius 2 is 2.10 bits per heavy atom. The topological polar surface area (TPSA) is 63.2 Å². The molecule has 2 aromatic rings. The van der Waals surface area contributed by atoms with Gasteiger partial charge in [-0.05, 0) is 42.3 Å². The van der Waals surface area contributed by atoms with Crippen molar-refractivity contribution >= 4 is 17.5 Å². The van der Waals surface area contributed by atoms with Crippen molar-refractivity contribution in [1.82, 2.24) is 4.98 Å². The summed E-state index contributed by atoms with van der Waals surface area (Å²) in [7, 11) is 1.34. The molecule has 0 aliphatic carbocycles. The third kappa shape index (κ3) is 3.71. The zero-order valence-corrected chi connectivity index (χ0v) is 11.5. The number of amides is 1. The van der Waals surface area contributed by atoms with Gasteiger partial charge in [0.15, 0.2) is 0 Å². The largest absolute Gasteiger partial charge is 0.453 e. The van der Waals surface area contributed by atoms with Crippen molar-refractivity contribution in [2.24, 2.45) is 0 Å². The van der Waals surface area contributed by atoms with Gasteiger partial charge in [-0.2, -0.15) is 0 Å². The Labute approximate surface area is 118 Å². The molecule has 0 bridgehead atoms. The van der Waals surface area contributed by atoms with E-state index in [-0.39, 0.29) is 0 Å². The van der Waals surface area contributed by atoms with E-state index in [2.05, 4.69) is 20.4 Å². The smallest absolute Gasteiger partial charge is 0.411 e. The maximum Gasteiger partial charge on any atom is 0.411 e. The molecule has 2 N–H and O–H groups in total. The summed E-state index contributed by atoms with van der Waals surface area (Å²) in [5.41, 5.74) is 3.93. The minimum Gasteiger partial charge on any atom is -0.453 e. The average Bonchev–Trinajstić information content (AvgIpc) is 2.47. The van der Waals surface area contributed by atoms with Crippen LogP contribution in [0.4, 0.5) is 16.2 Å². The summed E-state index contributed by atoms with van der Waals surface area (Å²) in [5.74, 6) is 0. The van der Waals surface area contributed by atoms with E-state index in [1.807, 2.05) is 37.4 Å². The Bertz CT molecular complexity index is 599. The standard InChI is InChI=1S/C15H17N3O2/c1-11-6-7-16-9-12(11)10-17-13-4-3-5-14(8-13)18-15(19)20-2/h3-9,17H,10H2,1-2H3,(H,18,19). The number of benzene rings is 1. The number of methoxy groups -OCH3 is 1. The van der Waals surface area contributed by atoms with Crippen LogP contribution in [-0.2, 0) is 11.3 Å². The fourth-order valence-electron chi connectivity index (χ4n) is 1.75. The Morgan fingerprint density at radius 3 is 2.85 bits per heavy atom. The second-order valence-corrected chi connectivity index (χ2v) is 4.35. The molecule has 2 rings (SSSR count). The fourth-order valence-corrected chi connectivity index (χ4v) is 1.75. The number of hydrogen-bond donors (Lipinski definition) is 2. The molecular formula is C15H17N3O2. The van der Waals surface area contributed by atoms with Crippen molar-refractivity contribution in [3.8, 4) is 0 Å². The quantitative estimate of drug-likeness (QED) is 0.896. The minimum atomic E-state index is -0.481. The van der Waals surface area contributed by atoms with E-state index >= 15 is 0 Å². The van der Waals surface area contributed by atoms with E-state index < -0.39 is 6.09 Å². The molecule has 5 heteroatoms. The number of hydrogen-bond acceptors (Lipinski definition) is 4. The molecule has 20 heavy (non-hydrogen) atoms. The first kappa shape index (κ1) is 13.9. The summed E-state index contributed by atoms with van der Waals surface area (Å²) in [6.07, 6.45) is 3.14. The van der Waals surface area contributed by atoms with Crippen LogP contribution in [-0.4, -0.2) is 18.2 Å². The second kappa shape index (κ2) is 6.56. The van der Waals surface area contributed by atoms with Gasteiger partial charge in [0.1, 0.15) is 0 Å². The number of rotatable bonds is 4. The van der Waals surface area contributed by atoms with Crippen LogP contribution in [0.15, 0.2) is 42.7 Å². The first-order valence-electron chi connectivity index (χ1n) is 6.27. The molecule has 0 aliphatic rings. The van der Waals surface area contributed by atoms with E-state index in [1.54, 1.807) is 12.3 Å². The highest BCUT2D eigenvalue weighted by Gasteiger charge is 2.02. The lowest BCUT2D eigenvalue weighted by Crippen LogP contribution is -2.11. The van der Waals surface area contributed by atoms with Crippen LogP contribution in [0.25, 0.3) is 0 Å². The lowest BCUT2D eigenvalue weighted by molar-refractivity contribution is 0.187. The number of aromatic nitrogens is 1. The van der Waals surface area contributed by atoms with Gasteiger partial charge in [0.05, 0.1) is 7.11 Å². The summed E-state index contributed by atoms with van der Waals surface area (Å²) in [5, 5.41) is 5.93. The third-order valence-corrected chi connectivity index (χ3v) is 2.92. The minimum absolute atomic E-state index is 0.481. The van der Waals surface area contributed by atoms with Gasteiger partial charge in [0.25, 0.3) is 0 Å². The van der Waals surface area contributed by atoms with Crippen molar-refractivity contribution in [2.75, 3.05) is 17.7 Å². The van der Waals surface area contributed by atoms with Crippen molar-refractivity contribution in [3.63, 3.8) is 0 Å². The van der Waals surface area contributed by atoms with Crippen LogP contribution in [0.5, 0.6) is 0 Å². The number of anilines is 2. The van der Waals surface area contributed by atoms with Crippen molar-refractivity contribution < 1.29 is 9.53 Å². The number of nitrogens with zero attached hydrogens (tertiary/aromatic N) is 1. The van der Waals surface area contributed by atoms with Gasteiger partial charge in [-0.15, -0.1) is 0 Å². The summed E-state index contributed by atoms with van der Waals surface area (Å²) in [6.45, 7) is 2.73. The molecule has 0 saturated heterocycles. The lowest BCUT2D eigenvalue weighted by atomic mass is 10.1. The van der Waals surface area contributed by atoms with Crippen molar-refractivity contribution in [1.29, 1.82) is 0 Å². The predicted octanol–water partition coefficient (Wildman–Crippen LogP) is 3.18. The lowest BCUT2D eigenvalue weighted by Gasteiger charge is -2.10. The van der Waals surface area contributed by atoms with Gasteiger partial charge < -0.3 is 10.1 Å². The third-order valence-electron chi connectivity index (χ3n) is 2.92. The first-order valence-corrected chi connectivity index (χ1v) is 6.27. The van der Waals surface area contributed by atoms with E-state index in [0.29, 0.717) is 12.2 Å². The van der Waals surface area contributed by atoms with E-state index in [0.717, 1.165) is 11.3 Å². The van der Waals surface area contributed by atoms with E-state index in [1.165, 1.54) is 12.7 Å². The maximum absolute atomic E-state index is 11.2. The van der Waals surface area contributed by atoms with Crippen LogP contribution in [0.3, 0.4) is 0 Å². The van der Waals surface area contributed by atoms with E-state index in [9.17, 15) is 4.79 Å². The van der Waals surface area contributed by atoms with Crippen molar-refractivity contribution in [3.05, 3.63) is 53.9 Å². The van der Waals surface area contributed by atoms with E-state index in [4.69, 9.17) is 0 Å². The highest BCUT2D eigenvalue weighted by Crippen LogP contribution is 2.16. The van der Waals surface area contributed by atoms with Gasteiger partial charge in [0, 0.05) is 30.3 Å². The number of pyridine rings is 1. The molecule has 0 saturated carbocycles. The molecule has 0 unspecified atom stereocenters. The monoisotopic (exact) mass is 271 g/mol. The van der Waals surface area contributed by atoms with Gasteiger partial charge in [-0.1, -0.05) is 6.07 Å². The number of nitrogens with one attached hydrogen (secondary N) is 2. The van der Waals surface area contributed by atoms with Crippen LogP contribution in [0.1, 0.15) is 11.1 Å². The highest BCUT2D eigenvalue weighted by atomic mass is 16.5. The van der Waals surface area contributed by atoms with Crippen LogP contribution in [0.2, 0.25) is 0 Å². The molecule has 104 valence electrons. The summed E-state index contributed by atoms with van der Waals surface area (Å²) in [6, 6.07) is 9.43. The van der Waals surface area contributed by atoms with Crippen LogP contribution in [0, 0.1) is 6.92 Å². The van der Waals surface area contributed by atoms with Gasteiger partial charge in [-0.3, -0.25) is 10.3 Å². The van der Waals surface area contributed by atoms with Gasteiger partial charge >= 0.3 is 6.09 Å². The molecule has 5 nitrogen and oxygen atoms in total. The summed E-state index contributed by atoms with van der Waals surface area (Å²) < 4.78 is 4.56. The number of aryl methyl sites for hydroxylation is 1. The number of carbonyl (C=O) groups is 1. The molecule has 1 amide bonds. The number of ether oxygens (including phenoxy) is 1. The SMILES string of the molecule is COC(=O)Nc1cccc(NCc2cnccc2C)c1. The Hall–Kier alpha value is -2.56. The summed E-state index contributed by atoms with van der Waals surface area (Å²) in [4.78, 5) is 15.3. The van der Waals surface area contributed by atoms with Gasteiger partial charge in [-0.25, -0.2) is 4.79 Å². The molecule has 0 aliphatic heterocycles. The molecular weight excluding hydrogens is 254 g/mol. The first-order chi connectivity index (χ1) is 9.69. The van der Waals surface area contributed by atoms with Crippen molar-refractivity contribution in [2.45, 2.75) is 13.5 Å². The molecule has 0 atom stereocenters. The molecule has 1 aromatic carbocycles. The Morgan fingerprint density at radius 1 is 1.30 bits per heavy atom. The molecule has 1 aromatic heterocycles. The molecule has 1 heterocycles. The normalized spacial score (nSPS) is 9.90.